The monoisotopic (exact) mass is 415 g/mol. The predicted octanol–water partition coefficient (Wildman–Crippen LogP) is 2.81. The standard InChI is InChI=1S/C22H23F2N3O3/c1-14-22(29)21-18(27(14)20(28)13-26-5-7-30-8-6-26)11-17(12-25-21)16-4-2-3-15(9-16)10-19(23)24/h2-4,9,11-12,14,19H,5-8,10,13H2,1H3. The molecule has 1 unspecified atom stereocenters. The van der Waals surface area contributed by atoms with Crippen molar-refractivity contribution in [2.75, 3.05) is 37.7 Å². The zero-order chi connectivity index (χ0) is 21.3. The second-order valence-electron chi connectivity index (χ2n) is 7.58. The summed E-state index contributed by atoms with van der Waals surface area (Å²) in [6.45, 7) is 4.41. The van der Waals surface area contributed by atoms with Crippen molar-refractivity contribution in [3.05, 3.63) is 47.8 Å². The van der Waals surface area contributed by atoms with Crippen molar-refractivity contribution < 1.29 is 23.1 Å². The van der Waals surface area contributed by atoms with E-state index in [1.807, 2.05) is 4.90 Å². The summed E-state index contributed by atoms with van der Waals surface area (Å²) >= 11 is 0. The second-order valence-corrected chi connectivity index (χ2v) is 7.58. The van der Waals surface area contributed by atoms with Gasteiger partial charge in [0.1, 0.15) is 5.69 Å². The number of Topliss-reactive ketones (excluding diaryl/α,β-unsaturated/α-hetero) is 1. The van der Waals surface area contributed by atoms with E-state index in [1.54, 1.807) is 43.5 Å². The molecule has 0 radical (unpaired) electrons. The minimum atomic E-state index is -2.43. The van der Waals surface area contributed by atoms with E-state index in [-0.39, 0.29) is 30.3 Å². The Bertz CT molecular complexity index is 960. The first kappa shape index (κ1) is 20.6. The van der Waals surface area contributed by atoms with Gasteiger partial charge >= 0.3 is 0 Å². The number of morpholine rings is 1. The van der Waals surface area contributed by atoms with Gasteiger partial charge in [-0.2, -0.15) is 0 Å². The van der Waals surface area contributed by atoms with Gasteiger partial charge in [-0.15, -0.1) is 0 Å². The van der Waals surface area contributed by atoms with Crippen LogP contribution in [-0.2, 0) is 16.0 Å². The fourth-order valence-electron chi connectivity index (χ4n) is 3.94. The number of ether oxygens (including phenoxy) is 1. The third-order valence-electron chi connectivity index (χ3n) is 5.51. The molecule has 2 aliphatic rings. The molecule has 0 N–H and O–H groups in total. The summed E-state index contributed by atoms with van der Waals surface area (Å²) in [5.74, 6) is -0.361. The fourth-order valence-corrected chi connectivity index (χ4v) is 3.94. The third kappa shape index (κ3) is 4.11. The van der Waals surface area contributed by atoms with Crippen molar-refractivity contribution >= 4 is 17.4 Å². The first-order valence-corrected chi connectivity index (χ1v) is 9.98. The van der Waals surface area contributed by atoms with Crippen molar-refractivity contribution in [2.45, 2.75) is 25.8 Å². The molecule has 2 aliphatic heterocycles. The van der Waals surface area contributed by atoms with Crippen LogP contribution in [0.3, 0.4) is 0 Å². The van der Waals surface area contributed by atoms with Crippen LogP contribution in [0.15, 0.2) is 36.5 Å². The lowest BCUT2D eigenvalue weighted by atomic mass is 10.0. The molecule has 1 amide bonds. The van der Waals surface area contributed by atoms with Gasteiger partial charge in [-0.05, 0) is 24.1 Å². The number of carbonyl (C=O) groups excluding carboxylic acids is 2. The van der Waals surface area contributed by atoms with E-state index < -0.39 is 12.5 Å². The van der Waals surface area contributed by atoms with Gasteiger partial charge in [-0.1, -0.05) is 24.3 Å². The number of benzene rings is 1. The number of nitrogens with zero attached hydrogens (tertiary/aromatic N) is 3. The van der Waals surface area contributed by atoms with Gasteiger partial charge in [-0.25, -0.2) is 8.78 Å². The normalized spacial score (nSPS) is 19.4. The first-order valence-electron chi connectivity index (χ1n) is 9.98. The third-order valence-corrected chi connectivity index (χ3v) is 5.51. The Hall–Kier alpha value is -2.71. The molecule has 2 aromatic rings. The molecule has 8 heteroatoms. The number of rotatable bonds is 5. The molecule has 0 aliphatic carbocycles. The van der Waals surface area contributed by atoms with Crippen molar-refractivity contribution in [3.8, 4) is 11.1 Å². The van der Waals surface area contributed by atoms with E-state index in [0.29, 0.717) is 43.1 Å². The van der Waals surface area contributed by atoms with E-state index in [4.69, 9.17) is 4.74 Å². The zero-order valence-electron chi connectivity index (χ0n) is 16.7. The molecule has 30 heavy (non-hydrogen) atoms. The van der Waals surface area contributed by atoms with Gasteiger partial charge in [-0.3, -0.25) is 24.4 Å². The van der Waals surface area contributed by atoms with Gasteiger partial charge in [0.15, 0.2) is 0 Å². The average Bonchev–Trinajstić information content (AvgIpc) is 2.98. The molecule has 1 saturated heterocycles. The van der Waals surface area contributed by atoms with Gasteiger partial charge in [0, 0.05) is 31.3 Å². The highest BCUT2D eigenvalue weighted by molar-refractivity contribution is 6.17. The lowest BCUT2D eigenvalue weighted by Gasteiger charge is -2.29. The van der Waals surface area contributed by atoms with Crippen LogP contribution in [0.4, 0.5) is 14.5 Å². The molecule has 0 bridgehead atoms. The van der Waals surface area contributed by atoms with Crippen LogP contribution < -0.4 is 4.90 Å². The molecule has 1 atom stereocenters. The summed E-state index contributed by atoms with van der Waals surface area (Å²) in [7, 11) is 0. The maximum Gasteiger partial charge on any atom is 0.242 e. The van der Waals surface area contributed by atoms with Crippen LogP contribution in [-0.4, -0.2) is 66.9 Å². The van der Waals surface area contributed by atoms with E-state index in [2.05, 4.69) is 4.98 Å². The number of pyridine rings is 1. The van der Waals surface area contributed by atoms with Crippen molar-refractivity contribution in [1.29, 1.82) is 0 Å². The molecule has 158 valence electrons. The molecule has 3 heterocycles. The molecule has 1 aromatic carbocycles. The van der Waals surface area contributed by atoms with Crippen LogP contribution in [0.1, 0.15) is 23.0 Å². The lowest BCUT2D eigenvalue weighted by molar-refractivity contribution is -0.120. The number of aromatic nitrogens is 1. The van der Waals surface area contributed by atoms with E-state index in [9.17, 15) is 18.4 Å². The highest BCUT2D eigenvalue weighted by Crippen LogP contribution is 2.34. The number of anilines is 1. The second kappa shape index (κ2) is 8.57. The van der Waals surface area contributed by atoms with Gasteiger partial charge in [0.2, 0.25) is 18.1 Å². The van der Waals surface area contributed by atoms with E-state index >= 15 is 0 Å². The van der Waals surface area contributed by atoms with Crippen LogP contribution in [0.5, 0.6) is 0 Å². The Morgan fingerprint density at radius 2 is 2.00 bits per heavy atom. The summed E-state index contributed by atoms with van der Waals surface area (Å²) in [6.07, 6.45) is -1.20. The van der Waals surface area contributed by atoms with Crippen LogP contribution in [0.25, 0.3) is 11.1 Å². The van der Waals surface area contributed by atoms with Crippen molar-refractivity contribution in [2.24, 2.45) is 0 Å². The topological polar surface area (TPSA) is 62.7 Å². The zero-order valence-corrected chi connectivity index (χ0v) is 16.7. The molecule has 6 nitrogen and oxygen atoms in total. The smallest absolute Gasteiger partial charge is 0.242 e. The Balaban J connectivity index is 1.63. The van der Waals surface area contributed by atoms with Gasteiger partial charge in [0.05, 0.1) is 31.5 Å². The minimum Gasteiger partial charge on any atom is -0.379 e. The van der Waals surface area contributed by atoms with E-state index in [0.717, 1.165) is 5.56 Å². The van der Waals surface area contributed by atoms with Crippen molar-refractivity contribution in [1.82, 2.24) is 9.88 Å². The highest BCUT2D eigenvalue weighted by atomic mass is 19.3. The number of hydrogen-bond acceptors (Lipinski definition) is 5. The molecule has 4 rings (SSSR count). The number of ketones is 1. The summed E-state index contributed by atoms with van der Waals surface area (Å²) in [4.78, 5) is 33.5. The summed E-state index contributed by atoms with van der Waals surface area (Å²) < 4.78 is 30.8. The van der Waals surface area contributed by atoms with Crippen LogP contribution in [0, 0.1) is 0 Å². The number of hydrogen-bond donors (Lipinski definition) is 0. The van der Waals surface area contributed by atoms with Gasteiger partial charge in [0.25, 0.3) is 0 Å². The SMILES string of the molecule is CC1C(=O)c2ncc(-c3cccc(CC(F)F)c3)cc2N1C(=O)CN1CCOCC1. The first-order chi connectivity index (χ1) is 14.4. The summed E-state index contributed by atoms with van der Waals surface area (Å²) in [6, 6.07) is 7.99. The number of amides is 1. The summed E-state index contributed by atoms with van der Waals surface area (Å²) in [5, 5.41) is 0. The Morgan fingerprint density at radius 3 is 2.73 bits per heavy atom. The van der Waals surface area contributed by atoms with Gasteiger partial charge < -0.3 is 4.74 Å². The number of halogens is 2. The number of fused-ring (bicyclic) bond motifs is 1. The number of carbonyl (C=O) groups is 2. The molecule has 0 spiro atoms. The Kier molecular flexibility index (Phi) is 5.87. The molecule has 1 fully saturated rings. The average molecular weight is 415 g/mol. The largest absolute Gasteiger partial charge is 0.379 e. The predicted molar refractivity (Wildman–Crippen MR) is 108 cm³/mol. The van der Waals surface area contributed by atoms with Crippen molar-refractivity contribution in [3.63, 3.8) is 0 Å². The van der Waals surface area contributed by atoms with Crippen LogP contribution in [0.2, 0.25) is 0 Å². The Morgan fingerprint density at radius 1 is 1.23 bits per heavy atom. The van der Waals surface area contributed by atoms with Crippen LogP contribution >= 0.6 is 0 Å². The molecule has 0 saturated carbocycles. The fraction of sp³-hybridized carbons (Fsp3) is 0.409. The lowest BCUT2D eigenvalue weighted by Crippen LogP contribution is -2.47. The molecular weight excluding hydrogens is 392 g/mol. The van der Waals surface area contributed by atoms with E-state index in [1.165, 1.54) is 4.90 Å². The quantitative estimate of drug-likeness (QED) is 0.752. The maximum absolute atomic E-state index is 13.0. The summed E-state index contributed by atoms with van der Waals surface area (Å²) in [5.41, 5.74) is 2.66. The highest BCUT2D eigenvalue weighted by Gasteiger charge is 2.39. The minimum absolute atomic E-state index is 0.165. The Labute approximate surface area is 173 Å². The molecular formula is C22H23F2N3O3. The number of alkyl halides is 2. The maximum atomic E-state index is 13.0. The molecule has 1 aromatic heterocycles.